The van der Waals surface area contributed by atoms with Gasteiger partial charge in [0.25, 0.3) is 5.91 Å². The van der Waals surface area contributed by atoms with Crippen LogP contribution in [-0.4, -0.2) is 41.1 Å². The van der Waals surface area contributed by atoms with E-state index in [1.165, 1.54) is 19.3 Å². The second kappa shape index (κ2) is 6.83. The summed E-state index contributed by atoms with van der Waals surface area (Å²) >= 11 is 0. The summed E-state index contributed by atoms with van der Waals surface area (Å²) in [4.78, 5) is 13.6. The molecule has 0 heterocycles. The fourth-order valence-electron chi connectivity index (χ4n) is 2.49. The number of nitrogens with two attached hydrogens (primary N) is 1. The molecule has 1 aliphatic rings. The average Bonchev–Trinajstić information content (AvgIpc) is 2.35. The summed E-state index contributed by atoms with van der Waals surface area (Å²) in [6, 6.07) is 0.147. The van der Waals surface area contributed by atoms with E-state index in [0.29, 0.717) is 12.6 Å². The molecule has 5 heteroatoms. The second-order valence-electron chi connectivity index (χ2n) is 4.44. The first kappa shape index (κ1) is 13.4. The minimum Gasteiger partial charge on any atom is -0.395 e. The van der Waals surface area contributed by atoms with Crippen molar-refractivity contribution in [3.05, 3.63) is 0 Å². The maximum atomic E-state index is 11.5. The van der Waals surface area contributed by atoms with Crippen LogP contribution >= 0.6 is 0 Å². The summed E-state index contributed by atoms with van der Waals surface area (Å²) in [5, 5.41) is 9.07. The predicted molar refractivity (Wildman–Crippen MR) is 62.5 cm³/mol. The van der Waals surface area contributed by atoms with Gasteiger partial charge in [-0.1, -0.05) is 19.3 Å². The molecule has 0 radical (unpaired) electrons. The van der Waals surface area contributed by atoms with Crippen LogP contribution < -0.4 is 11.3 Å². The van der Waals surface area contributed by atoms with Gasteiger partial charge in [-0.15, -0.1) is 0 Å². The van der Waals surface area contributed by atoms with Crippen molar-refractivity contribution in [2.24, 2.45) is 5.84 Å². The lowest BCUT2D eigenvalue weighted by Gasteiger charge is -2.37. The molecule has 0 aromatic heterocycles. The number of hydrogen-bond donors (Lipinski definition) is 3. The van der Waals surface area contributed by atoms with Gasteiger partial charge in [0.1, 0.15) is 0 Å². The van der Waals surface area contributed by atoms with Crippen molar-refractivity contribution in [2.75, 3.05) is 13.2 Å². The molecule has 1 unspecified atom stereocenters. The van der Waals surface area contributed by atoms with Gasteiger partial charge in [-0.3, -0.25) is 15.1 Å². The van der Waals surface area contributed by atoms with Gasteiger partial charge in [0, 0.05) is 12.6 Å². The summed E-state index contributed by atoms with van der Waals surface area (Å²) in [6.07, 6.45) is 5.93. The van der Waals surface area contributed by atoms with Crippen molar-refractivity contribution in [1.29, 1.82) is 0 Å². The molecular weight excluding hydrogens is 206 g/mol. The number of aliphatic hydroxyl groups is 1. The van der Waals surface area contributed by atoms with Gasteiger partial charge < -0.3 is 5.11 Å². The van der Waals surface area contributed by atoms with E-state index in [1.807, 2.05) is 6.92 Å². The Morgan fingerprint density at radius 1 is 1.50 bits per heavy atom. The second-order valence-corrected chi connectivity index (χ2v) is 4.44. The Morgan fingerprint density at radius 3 is 2.62 bits per heavy atom. The van der Waals surface area contributed by atoms with Crippen molar-refractivity contribution in [3.63, 3.8) is 0 Å². The van der Waals surface area contributed by atoms with E-state index in [0.717, 1.165) is 12.8 Å². The number of amides is 1. The lowest BCUT2D eigenvalue weighted by Crippen LogP contribution is -2.52. The number of hydrazine groups is 1. The van der Waals surface area contributed by atoms with E-state index in [4.69, 9.17) is 10.9 Å². The summed E-state index contributed by atoms with van der Waals surface area (Å²) in [7, 11) is 0. The normalized spacial score (nSPS) is 19.8. The largest absolute Gasteiger partial charge is 0.395 e. The van der Waals surface area contributed by atoms with Crippen LogP contribution in [0.5, 0.6) is 0 Å². The SMILES string of the molecule is CC(C(=O)NN)N(CCO)C1CCCCC1. The summed E-state index contributed by atoms with van der Waals surface area (Å²) in [6.45, 7) is 2.46. The molecule has 1 rings (SSSR count). The van der Waals surface area contributed by atoms with Crippen LogP contribution in [0.25, 0.3) is 0 Å². The molecule has 0 aromatic carbocycles. The molecule has 0 saturated heterocycles. The molecule has 0 spiro atoms. The van der Waals surface area contributed by atoms with Gasteiger partial charge in [0.15, 0.2) is 0 Å². The monoisotopic (exact) mass is 229 g/mol. The van der Waals surface area contributed by atoms with Crippen molar-refractivity contribution < 1.29 is 9.90 Å². The van der Waals surface area contributed by atoms with E-state index in [-0.39, 0.29) is 18.6 Å². The molecule has 0 aliphatic heterocycles. The maximum Gasteiger partial charge on any atom is 0.250 e. The van der Waals surface area contributed by atoms with Crippen molar-refractivity contribution >= 4 is 5.91 Å². The molecule has 1 amide bonds. The maximum absolute atomic E-state index is 11.5. The van der Waals surface area contributed by atoms with Gasteiger partial charge in [0.05, 0.1) is 12.6 Å². The smallest absolute Gasteiger partial charge is 0.250 e. The summed E-state index contributed by atoms with van der Waals surface area (Å²) < 4.78 is 0. The molecular formula is C11H23N3O2. The predicted octanol–water partition coefficient (Wildman–Crippen LogP) is -0.00820. The fraction of sp³-hybridized carbons (Fsp3) is 0.909. The van der Waals surface area contributed by atoms with E-state index in [9.17, 15) is 4.79 Å². The molecule has 4 N–H and O–H groups in total. The molecule has 5 nitrogen and oxygen atoms in total. The lowest BCUT2D eigenvalue weighted by molar-refractivity contribution is -0.127. The van der Waals surface area contributed by atoms with Crippen LogP contribution in [0.2, 0.25) is 0 Å². The summed E-state index contributed by atoms with van der Waals surface area (Å²) in [5.74, 6) is 4.97. The Bertz CT molecular complexity index is 217. The highest BCUT2D eigenvalue weighted by Gasteiger charge is 2.28. The molecule has 0 aromatic rings. The van der Waals surface area contributed by atoms with Crippen LogP contribution in [0, 0.1) is 0 Å². The van der Waals surface area contributed by atoms with Crippen LogP contribution in [0.4, 0.5) is 0 Å². The van der Waals surface area contributed by atoms with E-state index in [1.54, 1.807) is 0 Å². The van der Waals surface area contributed by atoms with Gasteiger partial charge in [-0.05, 0) is 19.8 Å². The standard InChI is InChI=1S/C11H23N3O2/c1-9(11(16)13-12)14(7-8-15)10-5-3-2-4-6-10/h9-10,15H,2-8,12H2,1H3,(H,13,16). The fourth-order valence-corrected chi connectivity index (χ4v) is 2.49. The molecule has 16 heavy (non-hydrogen) atoms. The first-order chi connectivity index (χ1) is 7.70. The number of rotatable bonds is 5. The molecule has 1 aliphatic carbocycles. The van der Waals surface area contributed by atoms with Gasteiger partial charge >= 0.3 is 0 Å². The third-order valence-corrected chi connectivity index (χ3v) is 3.42. The Labute approximate surface area is 97.0 Å². The lowest BCUT2D eigenvalue weighted by atomic mass is 9.93. The number of carbonyl (C=O) groups is 1. The Morgan fingerprint density at radius 2 is 2.12 bits per heavy atom. The summed E-state index contributed by atoms with van der Waals surface area (Å²) in [5.41, 5.74) is 2.18. The zero-order valence-corrected chi connectivity index (χ0v) is 9.98. The van der Waals surface area contributed by atoms with Crippen LogP contribution in [0.15, 0.2) is 0 Å². The number of nitrogens with zero attached hydrogens (tertiary/aromatic N) is 1. The van der Waals surface area contributed by atoms with Crippen LogP contribution in [-0.2, 0) is 4.79 Å². The first-order valence-electron chi connectivity index (χ1n) is 6.07. The Kier molecular flexibility index (Phi) is 5.73. The van der Waals surface area contributed by atoms with Gasteiger partial charge in [0.2, 0.25) is 0 Å². The molecule has 1 saturated carbocycles. The number of hydrogen-bond acceptors (Lipinski definition) is 4. The third-order valence-electron chi connectivity index (χ3n) is 3.42. The molecule has 94 valence electrons. The molecule has 1 atom stereocenters. The molecule has 1 fully saturated rings. The highest BCUT2D eigenvalue weighted by atomic mass is 16.3. The Balaban J connectivity index is 2.60. The highest BCUT2D eigenvalue weighted by molar-refractivity contribution is 5.80. The topological polar surface area (TPSA) is 78.6 Å². The van der Waals surface area contributed by atoms with Gasteiger partial charge in [-0.2, -0.15) is 0 Å². The first-order valence-corrected chi connectivity index (χ1v) is 6.07. The molecule has 0 bridgehead atoms. The van der Waals surface area contributed by atoms with Crippen LogP contribution in [0.3, 0.4) is 0 Å². The minimum atomic E-state index is -0.264. The number of carbonyl (C=O) groups excluding carboxylic acids is 1. The zero-order valence-electron chi connectivity index (χ0n) is 9.98. The number of aliphatic hydroxyl groups excluding tert-OH is 1. The Hall–Kier alpha value is -0.650. The minimum absolute atomic E-state index is 0.0820. The zero-order chi connectivity index (χ0) is 12.0. The van der Waals surface area contributed by atoms with Crippen LogP contribution in [0.1, 0.15) is 39.0 Å². The van der Waals surface area contributed by atoms with Gasteiger partial charge in [-0.25, -0.2) is 5.84 Å². The van der Waals surface area contributed by atoms with Crippen molar-refractivity contribution in [3.8, 4) is 0 Å². The van der Waals surface area contributed by atoms with E-state index in [2.05, 4.69) is 10.3 Å². The quantitative estimate of drug-likeness (QED) is 0.352. The van der Waals surface area contributed by atoms with E-state index >= 15 is 0 Å². The number of nitrogens with one attached hydrogen (secondary N) is 1. The third kappa shape index (κ3) is 3.43. The van der Waals surface area contributed by atoms with Crippen molar-refractivity contribution in [2.45, 2.75) is 51.1 Å². The van der Waals surface area contributed by atoms with E-state index < -0.39 is 0 Å². The average molecular weight is 229 g/mol. The highest BCUT2D eigenvalue weighted by Crippen LogP contribution is 2.23. The van der Waals surface area contributed by atoms with Crippen molar-refractivity contribution in [1.82, 2.24) is 10.3 Å².